The number of hydrogen-bond donors (Lipinski definition) is 5. The monoisotopic (exact) mass is 1020 g/mol. The van der Waals surface area contributed by atoms with Crippen molar-refractivity contribution in [1.29, 1.82) is 0 Å². The first kappa shape index (κ1) is 51.6. The van der Waals surface area contributed by atoms with Gasteiger partial charge in [0.05, 0.1) is 40.6 Å². The number of carbonyl (C=O) groups excluding carboxylic acids is 5. The van der Waals surface area contributed by atoms with E-state index in [4.69, 9.17) is 9.52 Å². The summed E-state index contributed by atoms with van der Waals surface area (Å²) < 4.78 is 7.86. The molecule has 5 N–H and O–H groups in total. The van der Waals surface area contributed by atoms with Gasteiger partial charge in [0.2, 0.25) is 23.6 Å². The van der Waals surface area contributed by atoms with Crippen LogP contribution < -0.4 is 21.3 Å². The summed E-state index contributed by atoms with van der Waals surface area (Å²) in [6, 6.07) is 27.2. The van der Waals surface area contributed by atoms with Crippen LogP contribution >= 0.6 is 11.3 Å². The number of aromatic nitrogens is 4. The molecular formula is C56H64N10O7S. The van der Waals surface area contributed by atoms with E-state index < -0.39 is 29.5 Å². The van der Waals surface area contributed by atoms with Crippen LogP contribution in [-0.4, -0.2) is 121 Å². The number of para-hydroxylation sites is 1. The molecule has 6 heterocycles. The highest BCUT2D eigenvalue weighted by atomic mass is 32.1. The number of aryl methyl sites for hydroxylation is 1. The lowest BCUT2D eigenvalue weighted by Crippen LogP contribution is -2.57. The molecule has 2 aliphatic rings. The number of amides is 5. The Hall–Kier alpha value is -7.28. The van der Waals surface area contributed by atoms with Gasteiger partial charge in [0.25, 0.3) is 5.91 Å². The number of nitrogens with zero attached hydrogens (tertiary/aromatic N) is 6. The van der Waals surface area contributed by atoms with Crippen molar-refractivity contribution in [2.24, 2.45) is 5.41 Å². The fourth-order valence-electron chi connectivity index (χ4n) is 9.73. The van der Waals surface area contributed by atoms with E-state index in [2.05, 4.69) is 31.2 Å². The molecule has 3 aromatic carbocycles. The van der Waals surface area contributed by atoms with Gasteiger partial charge in [0.1, 0.15) is 23.4 Å². The smallest absolute Gasteiger partial charge is 0.253 e. The standard InChI is InChI=1S/C56H64N10O7S/c1-35-51(74-34-61-35)38-17-15-36(16-18-38)29-60-53(70)44-28-42(67)33-65(44)55(72)52(56(2,3)4)62-49(68)14-6-5-9-25-57-50(69)31-58-41-12-10-26-64(32-41)54(71)39-21-19-37(20-22-39)43-23-24-48-59-30-45(66(48)63-43)47-27-40-11-7-8-13-46(40)73-47/h7-8,11,13,15-24,27,30,34,41-42,44,52,58,67H,5-6,9-10,12,14,25-26,28-29,31-33H2,1-4H3,(H,57,69)(H,60,70)(H,62,68)/t41-,42+,44-,52+/m0/s1. The Morgan fingerprint density at radius 1 is 0.878 bits per heavy atom. The van der Waals surface area contributed by atoms with Gasteiger partial charge >= 0.3 is 0 Å². The van der Waals surface area contributed by atoms with E-state index in [0.717, 1.165) is 62.5 Å². The van der Waals surface area contributed by atoms with Gasteiger partial charge in [0, 0.05) is 68.1 Å². The summed E-state index contributed by atoms with van der Waals surface area (Å²) in [6.07, 6.45) is 4.75. The van der Waals surface area contributed by atoms with Gasteiger partial charge in [0.15, 0.2) is 11.4 Å². The molecule has 18 heteroatoms. The minimum atomic E-state index is -0.912. The molecule has 2 fully saturated rings. The first-order valence-corrected chi connectivity index (χ1v) is 26.3. The minimum absolute atomic E-state index is 0.00246. The highest BCUT2D eigenvalue weighted by molar-refractivity contribution is 7.13. The highest BCUT2D eigenvalue weighted by Crippen LogP contribution is 2.31. The molecule has 0 radical (unpaired) electrons. The van der Waals surface area contributed by atoms with E-state index >= 15 is 0 Å². The van der Waals surface area contributed by atoms with Crippen LogP contribution in [0.5, 0.6) is 0 Å². The molecule has 9 rings (SSSR count). The SMILES string of the molecule is Cc1ncsc1-c1ccc(CNC(=O)[C@@H]2C[C@@H](O)CN2C(=O)[C@@H](NC(=O)CCCCCNC(=O)CN[C@H]2CCCN(C(=O)c3ccc(-c4ccc5ncc(-c6cc7ccccc7o6)n5n4)cc3)C2)C(C)(C)C)cc1. The Balaban J connectivity index is 0.675. The number of aliphatic hydroxyl groups is 1. The van der Waals surface area contributed by atoms with Crippen LogP contribution in [0, 0.1) is 12.3 Å². The average Bonchev–Trinajstić information content (AvgIpc) is 4.23. The summed E-state index contributed by atoms with van der Waals surface area (Å²) in [5.74, 6) is -0.582. The quantitative estimate of drug-likeness (QED) is 0.0556. The molecule has 4 aromatic heterocycles. The third kappa shape index (κ3) is 12.2. The highest BCUT2D eigenvalue weighted by Gasteiger charge is 2.44. The zero-order valence-corrected chi connectivity index (χ0v) is 43.1. The molecule has 0 aliphatic carbocycles. The number of nitrogens with one attached hydrogen (secondary N) is 4. The number of likely N-dealkylation sites (tertiary alicyclic amines) is 2. The topological polar surface area (TPSA) is 216 Å². The Bertz CT molecular complexity index is 3090. The lowest BCUT2D eigenvalue weighted by Gasteiger charge is -2.35. The molecule has 74 heavy (non-hydrogen) atoms. The Morgan fingerprint density at radius 3 is 2.42 bits per heavy atom. The van der Waals surface area contributed by atoms with Crippen molar-refractivity contribution in [1.82, 2.24) is 50.6 Å². The number of β-amino-alcohol motifs (C(OH)–C–C–N with tert-alkyl or cyclic N) is 1. The number of fused-ring (bicyclic) bond motifs is 2. The van der Waals surface area contributed by atoms with Crippen LogP contribution in [0.15, 0.2) is 107 Å². The van der Waals surface area contributed by atoms with Crippen LogP contribution in [0.25, 0.3) is 49.8 Å². The van der Waals surface area contributed by atoms with Gasteiger partial charge in [-0.15, -0.1) is 11.3 Å². The molecule has 0 bridgehead atoms. The third-order valence-corrected chi connectivity index (χ3v) is 14.8. The van der Waals surface area contributed by atoms with E-state index in [9.17, 15) is 29.1 Å². The van der Waals surface area contributed by atoms with Crippen LogP contribution in [0.2, 0.25) is 0 Å². The van der Waals surface area contributed by atoms with Crippen molar-refractivity contribution in [3.8, 4) is 33.2 Å². The molecule has 386 valence electrons. The predicted octanol–water partition coefficient (Wildman–Crippen LogP) is 6.92. The molecule has 5 amide bonds. The largest absolute Gasteiger partial charge is 0.454 e. The maximum atomic E-state index is 14.1. The molecular weight excluding hydrogens is 957 g/mol. The third-order valence-electron chi connectivity index (χ3n) is 13.8. The average molecular weight is 1020 g/mol. The lowest BCUT2D eigenvalue weighted by atomic mass is 9.85. The van der Waals surface area contributed by atoms with Crippen molar-refractivity contribution >= 4 is 57.5 Å². The number of carbonyl (C=O) groups is 5. The molecule has 4 atom stereocenters. The number of unbranched alkanes of at least 4 members (excludes halogenated alkanes) is 2. The second-order valence-electron chi connectivity index (χ2n) is 20.4. The molecule has 0 unspecified atom stereocenters. The predicted molar refractivity (Wildman–Crippen MR) is 284 cm³/mol. The number of rotatable bonds is 18. The van der Waals surface area contributed by atoms with Crippen molar-refractivity contribution in [2.75, 3.05) is 32.7 Å². The second kappa shape index (κ2) is 22.9. The number of thiazole rings is 1. The van der Waals surface area contributed by atoms with Gasteiger partial charge in [-0.05, 0) is 85.5 Å². The first-order chi connectivity index (χ1) is 35.7. The first-order valence-electron chi connectivity index (χ1n) is 25.5. The maximum absolute atomic E-state index is 14.1. The Morgan fingerprint density at radius 2 is 1.66 bits per heavy atom. The zero-order valence-electron chi connectivity index (χ0n) is 42.3. The van der Waals surface area contributed by atoms with Crippen molar-refractivity contribution in [2.45, 2.75) is 103 Å². The molecule has 0 saturated carbocycles. The number of hydrogen-bond acceptors (Lipinski definition) is 12. The molecule has 2 aliphatic heterocycles. The van der Waals surface area contributed by atoms with Crippen LogP contribution in [-0.2, 0) is 25.7 Å². The van der Waals surface area contributed by atoms with Crippen LogP contribution in [0.1, 0.15) is 87.3 Å². The maximum Gasteiger partial charge on any atom is 0.253 e. The zero-order chi connectivity index (χ0) is 51.9. The van der Waals surface area contributed by atoms with Gasteiger partial charge < -0.3 is 40.6 Å². The summed E-state index contributed by atoms with van der Waals surface area (Å²) in [4.78, 5) is 80.4. The van der Waals surface area contributed by atoms with Gasteiger partial charge in [-0.3, -0.25) is 24.0 Å². The van der Waals surface area contributed by atoms with Crippen LogP contribution in [0.3, 0.4) is 0 Å². The summed E-state index contributed by atoms with van der Waals surface area (Å²) in [6.45, 7) is 9.50. The van der Waals surface area contributed by atoms with Gasteiger partial charge in [-0.2, -0.15) is 5.10 Å². The van der Waals surface area contributed by atoms with Gasteiger partial charge in [-0.1, -0.05) is 81.8 Å². The van der Waals surface area contributed by atoms with Crippen LogP contribution in [0.4, 0.5) is 0 Å². The van der Waals surface area contributed by atoms with E-state index in [-0.39, 0.29) is 62.1 Å². The van der Waals surface area contributed by atoms with E-state index in [1.165, 1.54) is 4.90 Å². The Labute approximate surface area is 434 Å². The van der Waals surface area contributed by atoms with E-state index in [1.54, 1.807) is 22.0 Å². The summed E-state index contributed by atoms with van der Waals surface area (Å²) in [5.41, 5.74) is 8.44. The minimum Gasteiger partial charge on any atom is -0.454 e. The van der Waals surface area contributed by atoms with Crippen molar-refractivity contribution < 1.29 is 33.5 Å². The molecule has 17 nitrogen and oxygen atoms in total. The second-order valence-corrected chi connectivity index (χ2v) is 21.3. The van der Waals surface area contributed by atoms with E-state index in [0.29, 0.717) is 55.9 Å². The summed E-state index contributed by atoms with van der Waals surface area (Å²) in [7, 11) is 0. The molecule has 7 aromatic rings. The van der Waals surface area contributed by atoms with Gasteiger partial charge in [-0.25, -0.2) is 14.5 Å². The van der Waals surface area contributed by atoms with Crippen molar-refractivity contribution in [3.05, 3.63) is 120 Å². The summed E-state index contributed by atoms with van der Waals surface area (Å²) in [5, 5.41) is 28.6. The molecule has 0 spiro atoms. The van der Waals surface area contributed by atoms with Crippen molar-refractivity contribution in [3.63, 3.8) is 0 Å². The molecule has 2 saturated heterocycles. The number of furan rings is 1. The number of imidazole rings is 1. The lowest BCUT2D eigenvalue weighted by molar-refractivity contribution is -0.144. The fraction of sp³-hybridized carbons (Fsp3) is 0.393. The van der Waals surface area contributed by atoms with E-state index in [1.807, 2.05) is 129 Å². The normalized spacial score (nSPS) is 17.4. The fourth-order valence-corrected chi connectivity index (χ4v) is 10.5. The summed E-state index contributed by atoms with van der Waals surface area (Å²) >= 11 is 1.57. The number of benzene rings is 3. The number of aliphatic hydroxyl groups excluding tert-OH is 1. The number of piperidine rings is 1. The Kier molecular flexibility index (Phi) is 15.9.